The third kappa shape index (κ3) is 14.5. The molecule has 2 heterocycles. The van der Waals surface area contributed by atoms with Crippen LogP contribution in [0.15, 0.2) is 107 Å². The third-order valence-electron chi connectivity index (χ3n) is 8.26. The van der Waals surface area contributed by atoms with Gasteiger partial charge in [-0.15, -0.1) is 0 Å². The van der Waals surface area contributed by atoms with Crippen molar-refractivity contribution in [3.63, 3.8) is 0 Å². The Labute approximate surface area is 405 Å². The molecule has 0 aliphatic carbocycles. The van der Waals surface area contributed by atoms with Gasteiger partial charge < -0.3 is 51.1 Å². The molecule has 0 saturated carbocycles. The summed E-state index contributed by atoms with van der Waals surface area (Å²) in [5.41, 5.74) is 2.59. The zero-order chi connectivity index (χ0) is 42.5. The van der Waals surface area contributed by atoms with Gasteiger partial charge in [0.1, 0.15) is 10.1 Å². The predicted molar refractivity (Wildman–Crippen MR) is 224 cm³/mol. The molecule has 0 spiro atoms. The summed E-state index contributed by atoms with van der Waals surface area (Å²) in [5.74, 6) is 1.07. The van der Waals surface area contributed by atoms with Gasteiger partial charge in [0.2, 0.25) is 35.7 Å². The molecule has 312 valence electrons. The van der Waals surface area contributed by atoms with Crippen LogP contribution in [0.3, 0.4) is 0 Å². The minimum absolute atomic E-state index is 0. The van der Waals surface area contributed by atoms with Gasteiger partial charge in [-0.2, -0.15) is 34.2 Å². The monoisotopic (exact) mass is 900 g/mol. The summed E-state index contributed by atoms with van der Waals surface area (Å²) in [6, 6.07) is 27.5. The molecule has 0 aliphatic rings. The number of benzene rings is 4. The van der Waals surface area contributed by atoms with Crippen LogP contribution in [0.5, 0.6) is 0 Å². The summed E-state index contributed by atoms with van der Waals surface area (Å²) >= 11 is 0.589. The van der Waals surface area contributed by atoms with E-state index in [1.165, 1.54) is 18.2 Å². The van der Waals surface area contributed by atoms with Crippen molar-refractivity contribution in [3.05, 3.63) is 108 Å². The molecular weight excluding hydrogens is 863 g/mol. The molecule has 0 aliphatic heterocycles. The summed E-state index contributed by atoms with van der Waals surface area (Å²) in [4.78, 5) is 29.8. The van der Waals surface area contributed by atoms with Gasteiger partial charge in [0.25, 0.3) is 0 Å². The molecule has 62 heavy (non-hydrogen) atoms. The fourth-order valence-corrected chi connectivity index (χ4v) is 6.58. The van der Waals surface area contributed by atoms with E-state index in [0.29, 0.717) is 33.9 Å². The number of rotatable bonds is 20. The molecular formula is C38H38N12Na2O8S2. The zero-order valence-electron chi connectivity index (χ0n) is 34.0. The number of nitrogens with one attached hydrogen (secondary N) is 4. The fraction of sp³-hybridized carbons (Fsp3) is 0.158. The molecule has 0 saturated heterocycles. The van der Waals surface area contributed by atoms with E-state index in [-0.39, 0.29) is 132 Å². The van der Waals surface area contributed by atoms with Crippen LogP contribution in [0, 0.1) is 0 Å². The van der Waals surface area contributed by atoms with Crippen LogP contribution in [0.4, 0.5) is 58.4 Å². The molecule has 0 unspecified atom stereocenters. The first-order valence-electron chi connectivity index (χ1n) is 17.9. The number of anilines is 10. The topological polar surface area (TPSA) is 271 Å². The molecule has 6 rings (SSSR count). The maximum atomic E-state index is 12.6. The summed E-state index contributed by atoms with van der Waals surface area (Å²) in [5, 5.41) is 45.7. The maximum Gasteiger partial charge on any atom is 1.00 e. The van der Waals surface area contributed by atoms with Gasteiger partial charge in [-0.1, -0.05) is 60.7 Å². The smallest absolute Gasteiger partial charge is 0.744 e. The quantitative estimate of drug-likeness (QED) is 0.0123. The number of hydrogen-bond donors (Lipinski definition) is 6. The van der Waals surface area contributed by atoms with E-state index >= 15 is 0 Å². The largest absolute Gasteiger partial charge is 1.00 e. The number of aliphatic hydroxyl groups excluding tert-OH is 2. The van der Waals surface area contributed by atoms with Gasteiger partial charge in [-0.3, -0.25) is 5.04 Å². The molecule has 0 bridgehead atoms. The number of likely N-dealkylation sites (N-methyl/N-ethyl adjacent to an activating group) is 2. The molecule has 20 nitrogen and oxygen atoms in total. The Bertz CT molecular complexity index is 2520. The first kappa shape index (κ1) is 50.1. The Kier molecular flexibility index (Phi) is 19.7. The second kappa shape index (κ2) is 24.4. The zero-order valence-corrected chi connectivity index (χ0v) is 39.6. The van der Waals surface area contributed by atoms with Crippen molar-refractivity contribution in [2.75, 3.05) is 71.5 Å². The maximum absolute atomic E-state index is 12.6. The second-order valence-electron chi connectivity index (χ2n) is 12.6. The van der Waals surface area contributed by atoms with Gasteiger partial charge in [0, 0.05) is 54.8 Å². The fourth-order valence-electron chi connectivity index (χ4n) is 5.37. The van der Waals surface area contributed by atoms with Crippen LogP contribution in [-0.2, 0) is 19.5 Å². The predicted octanol–water partition coefficient (Wildman–Crippen LogP) is -1.80. The molecule has 24 heteroatoms. The molecule has 6 N–H and O–H groups in total. The van der Waals surface area contributed by atoms with Crippen molar-refractivity contribution in [2.24, 2.45) is 0 Å². The Hall–Kier alpha value is -4.50. The standard InChI is InChI=1S/C38H40N12O8S2.2Na/c1-49(19-21-51)37-45-33(39-27-9-5-3-6-10-27)43-35(47-37)41-29-17-15-25(31(23-29)59-58-57-53)13-14-26-16-18-30(24-32(26)60(54,55)56)42-36-44-34(40-28-11-7-4-8-12-28)46-38(48-36)50(2)20-22-52;;/h3-18,23-24,51-53H,19-22H2,1-2H3,(H,54,55,56)(H2,39,41,43,45,47)(H2,40,42,44,46,48);;/q;2*+1/p-2/b14-13+;;. The number of nitrogens with zero attached hydrogens (tertiary/aromatic N) is 8. The summed E-state index contributed by atoms with van der Waals surface area (Å²) < 4.78 is 42.4. The van der Waals surface area contributed by atoms with Crippen molar-refractivity contribution >= 4 is 92.8 Å². The number of hydrogen-bond acceptors (Lipinski definition) is 21. The van der Waals surface area contributed by atoms with Crippen LogP contribution in [0.25, 0.3) is 12.2 Å². The van der Waals surface area contributed by atoms with Crippen LogP contribution >= 0.6 is 12.0 Å². The summed E-state index contributed by atoms with van der Waals surface area (Å²) in [6.07, 6.45) is 2.95. The minimum atomic E-state index is -5.02. The Balaban J connectivity index is 0.00000422. The first-order valence-corrected chi connectivity index (χ1v) is 20.1. The SMILES string of the molecule is CN(CCO)c1nc(Nc2ccccc2)nc(Nc2ccc(/C=C/c3ccc(Nc4nc(Nc5ccccc5)nc(N(C)CCO)n4)cc3S(=O)(=O)[O-])c(SOO[O-])c2)n1.[Na+].[Na+]. The van der Waals surface area contributed by atoms with Gasteiger partial charge >= 0.3 is 59.1 Å². The van der Waals surface area contributed by atoms with Crippen molar-refractivity contribution in [2.45, 2.75) is 9.79 Å². The average Bonchev–Trinajstić information content (AvgIpc) is 3.23. The van der Waals surface area contributed by atoms with E-state index in [2.05, 4.69) is 60.5 Å². The number of aromatic nitrogens is 6. The van der Waals surface area contributed by atoms with Crippen LogP contribution in [-0.4, -0.2) is 93.5 Å². The Morgan fingerprint density at radius 3 is 1.48 bits per heavy atom. The van der Waals surface area contributed by atoms with Crippen molar-refractivity contribution in [3.8, 4) is 0 Å². The van der Waals surface area contributed by atoms with E-state index < -0.39 is 15.0 Å². The first-order chi connectivity index (χ1) is 29.0. The molecule has 6 aromatic rings. The van der Waals surface area contributed by atoms with Gasteiger partial charge in [-0.25, -0.2) is 8.42 Å². The average molecular weight is 901 g/mol. The van der Waals surface area contributed by atoms with Crippen molar-refractivity contribution < 1.29 is 96.9 Å². The minimum Gasteiger partial charge on any atom is -0.744 e. The van der Waals surface area contributed by atoms with Crippen molar-refractivity contribution in [1.82, 2.24) is 29.9 Å². The van der Waals surface area contributed by atoms with Gasteiger partial charge in [-0.05, 0) is 59.7 Å². The van der Waals surface area contributed by atoms with E-state index in [0.717, 1.165) is 11.8 Å². The molecule has 0 amide bonds. The van der Waals surface area contributed by atoms with Crippen LogP contribution in [0.1, 0.15) is 11.1 Å². The third-order valence-corrected chi connectivity index (χ3v) is 9.81. The Morgan fingerprint density at radius 1 is 0.629 bits per heavy atom. The normalized spacial score (nSPS) is 11.0. The van der Waals surface area contributed by atoms with Crippen LogP contribution in [0.2, 0.25) is 0 Å². The molecule has 4 aromatic carbocycles. The van der Waals surface area contributed by atoms with E-state index in [1.807, 2.05) is 60.7 Å². The van der Waals surface area contributed by atoms with E-state index in [4.69, 9.17) is 0 Å². The Morgan fingerprint density at radius 2 is 1.05 bits per heavy atom. The molecule has 0 fully saturated rings. The van der Waals surface area contributed by atoms with Crippen LogP contribution < -0.4 is 95.4 Å². The van der Waals surface area contributed by atoms with E-state index in [9.17, 15) is 28.4 Å². The van der Waals surface area contributed by atoms with E-state index in [1.54, 1.807) is 48.2 Å². The molecule has 0 atom stereocenters. The summed E-state index contributed by atoms with van der Waals surface area (Å²) in [6.45, 7) is 0.191. The molecule has 0 radical (unpaired) electrons. The summed E-state index contributed by atoms with van der Waals surface area (Å²) in [7, 11) is -1.61. The van der Waals surface area contributed by atoms with Crippen molar-refractivity contribution in [1.29, 1.82) is 0 Å². The number of para-hydroxylation sites is 2. The second-order valence-corrected chi connectivity index (χ2v) is 14.7. The molecule has 2 aromatic heterocycles. The van der Waals surface area contributed by atoms with Gasteiger partial charge in [0.15, 0.2) is 0 Å². The van der Waals surface area contributed by atoms with Gasteiger partial charge in [0.05, 0.1) is 30.2 Å². The number of aliphatic hydroxyl groups is 2.